The van der Waals surface area contributed by atoms with Crippen LogP contribution in [0.5, 0.6) is 11.5 Å². The Bertz CT molecular complexity index is 1610. The van der Waals surface area contributed by atoms with Crippen LogP contribution in [0.2, 0.25) is 0 Å². The number of carbonyl (C=O) groups excluding carboxylic acids is 2. The molecule has 0 aliphatic carbocycles. The number of aliphatic hydroxyl groups is 1. The first kappa shape index (κ1) is 30.6. The predicted octanol–water partition coefficient (Wildman–Crippen LogP) is 6.53. The number of nitrogens with zero attached hydrogens (tertiary/aromatic N) is 2. The van der Waals surface area contributed by atoms with E-state index in [0.717, 1.165) is 28.8 Å². The van der Waals surface area contributed by atoms with Crippen LogP contribution in [-0.4, -0.2) is 53.8 Å². The van der Waals surface area contributed by atoms with E-state index in [4.69, 9.17) is 9.47 Å². The molecule has 1 heterocycles. The van der Waals surface area contributed by atoms with Gasteiger partial charge in [-0.3, -0.25) is 9.59 Å². The van der Waals surface area contributed by atoms with Crippen molar-refractivity contribution >= 4 is 17.4 Å². The number of carbonyl (C=O) groups is 2. The molecule has 4 aromatic carbocycles. The van der Waals surface area contributed by atoms with Crippen LogP contribution in [0.1, 0.15) is 40.3 Å². The van der Waals surface area contributed by atoms with E-state index in [9.17, 15) is 14.7 Å². The fraction of sp³-hybridized carbons (Fsp3) is 0.243. The molecule has 1 aliphatic rings. The van der Waals surface area contributed by atoms with Gasteiger partial charge in [-0.15, -0.1) is 0 Å². The summed E-state index contributed by atoms with van der Waals surface area (Å²) in [6.07, 6.45) is 0.682. The zero-order chi connectivity index (χ0) is 31.1. The summed E-state index contributed by atoms with van der Waals surface area (Å²) < 4.78 is 11.9. The lowest BCUT2D eigenvalue weighted by Gasteiger charge is -2.26. The summed E-state index contributed by atoms with van der Waals surface area (Å²) in [5.74, 6) is -0.212. The van der Waals surface area contributed by atoms with E-state index in [1.807, 2.05) is 98.7 Å². The van der Waals surface area contributed by atoms with E-state index in [0.29, 0.717) is 43.2 Å². The van der Waals surface area contributed by atoms with Crippen molar-refractivity contribution in [2.45, 2.75) is 32.6 Å². The molecule has 7 nitrogen and oxygen atoms in total. The fourth-order valence-corrected chi connectivity index (χ4v) is 5.33. The van der Waals surface area contributed by atoms with Gasteiger partial charge in [0.05, 0.1) is 11.6 Å². The molecule has 44 heavy (non-hydrogen) atoms. The summed E-state index contributed by atoms with van der Waals surface area (Å²) in [7, 11) is 3.93. The third-order valence-corrected chi connectivity index (χ3v) is 7.60. The molecule has 1 N–H and O–H groups in total. The summed E-state index contributed by atoms with van der Waals surface area (Å²) in [6.45, 7) is 4.01. The molecule has 0 aromatic heterocycles. The van der Waals surface area contributed by atoms with Crippen LogP contribution >= 0.6 is 0 Å². The van der Waals surface area contributed by atoms with Gasteiger partial charge < -0.3 is 24.4 Å². The third kappa shape index (κ3) is 7.36. The van der Waals surface area contributed by atoms with E-state index in [1.165, 1.54) is 0 Å². The molecule has 5 rings (SSSR count). The van der Waals surface area contributed by atoms with Crippen molar-refractivity contribution in [3.63, 3.8) is 0 Å². The summed E-state index contributed by atoms with van der Waals surface area (Å²) in [5, 5.41) is 11.5. The first-order valence-electron chi connectivity index (χ1n) is 14.8. The number of rotatable bonds is 12. The number of ketones is 1. The average molecular weight is 591 g/mol. The van der Waals surface area contributed by atoms with Crippen LogP contribution in [0.4, 0.5) is 0 Å². The number of Topliss-reactive ketones (excluding diaryl/α,β-unsaturated/α-hetero) is 1. The molecule has 0 radical (unpaired) electrons. The summed E-state index contributed by atoms with van der Waals surface area (Å²) in [6, 6.07) is 31.6. The average Bonchev–Trinajstić information content (AvgIpc) is 3.28. The Balaban J connectivity index is 1.39. The van der Waals surface area contributed by atoms with Gasteiger partial charge in [0.25, 0.3) is 11.7 Å². The molecule has 1 atom stereocenters. The standard InChI is InChI=1S/C37H38N2O5/c1-26-9-7-12-28(23-26)25-44-32-19-15-30(16-20-32)35(40)33-34(39(37(42)36(33)41)22-8-21-38(2)3)29-13-17-31(18-14-29)43-24-27-10-5-4-6-11-27/h4-7,9-20,23,34,40H,8,21-22,24-25H2,1-3H3/b35-33+. The minimum absolute atomic E-state index is 0.0752. The molecule has 0 bridgehead atoms. The van der Waals surface area contributed by atoms with Gasteiger partial charge in [-0.05, 0) is 87.1 Å². The minimum Gasteiger partial charge on any atom is -0.507 e. The van der Waals surface area contributed by atoms with Crippen LogP contribution in [0.3, 0.4) is 0 Å². The van der Waals surface area contributed by atoms with Gasteiger partial charge in [0.15, 0.2) is 0 Å². The first-order valence-corrected chi connectivity index (χ1v) is 14.8. The number of amides is 1. The van der Waals surface area contributed by atoms with Crippen molar-refractivity contribution in [3.05, 3.63) is 137 Å². The lowest BCUT2D eigenvalue weighted by molar-refractivity contribution is -0.139. The van der Waals surface area contributed by atoms with Crippen LogP contribution in [0.15, 0.2) is 109 Å². The Morgan fingerprint density at radius 1 is 0.795 bits per heavy atom. The SMILES string of the molecule is Cc1cccc(COc2ccc(/C(O)=C3\C(=O)C(=O)N(CCCN(C)C)C3c3ccc(OCc4ccccc4)cc3)cc2)c1. The second-order valence-electron chi connectivity index (χ2n) is 11.3. The second kappa shape index (κ2) is 14.1. The van der Waals surface area contributed by atoms with Crippen molar-refractivity contribution in [3.8, 4) is 11.5 Å². The third-order valence-electron chi connectivity index (χ3n) is 7.60. The Morgan fingerprint density at radius 2 is 1.41 bits per heavy atom. The number of aryl methyl sites for hydroxylation is 1. The molecule has 1 amide bonds. The highest BCUT2D eigenvalue weighted by Crippen LogP contribution is 2.40. The van der Waals surface area contributed by atoms with E-state index in [2.05, 4.69) is 6.07 Å². The van der Waals surface area contributed by atoms with Crippen molar-refractivity contribution < 1.29 is 24.2 Å². The molecule has 1 aliphatic heterocycles. The smallest absolute Gasteiger partial charge is 0.295 e. The zero-order valence-corrected chi connectivity index (χ0v) is 25.4. The zero-order valence-electron chi connectivity index (χ0n) is 25.4. The van der Waals surface area contributed by atoms with Crippen molar-refractivity contribution in [1.82, 2.24) is 9.80 Å². The van der Waals surface area contributed by atoms with Crippen molar-refractivity contribution in [2.24, 2.45) is 0 Å². The summed E-state index contributed by atoms with van der Waals surface area (Å²) in [5.41, 5.74) is 4.51. The van der Waals surface area contributed by atoms with E-state index in [-0.39, 0.29) is 11.3 Å². The second-order valence-corrected chi connectivity index (χ2v) is 11.3. The highest BCUT2D eigenvalue weighted by Gasteiger charge is 2.45. The van der Waals surface area contributed by atoms with E-state index < -0.39 is 17.7 Å². The van der Waals surface area contributed by atoms with Crippen LogP contribution in [0, 0.1) is 6.92 Å². The van der Waals surface area contributed by atoms with E-state index in [1.54, 1.807) is 29.2 Å². The van der Waals surface area contributed by atoms with Gasteiger partial charge in [0.2, 0.25) is 0 Å². The topological polar surface area (TPSA) is 79.3 Å². The number of benzene rings is 4. The number of aliphatic hydroxyl groups excluding tert-OH is 1. The van der Waals surface area contributed by atoms with Crippen molar-refractivity contribution in [1.29, 1.82) is 0 Å². The molecule has 226 valence electrons. The van der Waals surface area contributed by atoms with Gasteiger partial charge in [-0.1, -0.05) is 72.3 Å². The molecule has 1 unspecified atom stereocenters. The Labute approximate surface area is 259 Å². The molecule has 7 heteroatoms. The highest BCUT2D eigenvalue weighted by molar-refractivity contribution is 6.46. The number of likely N-dealkylation sites (tertiary alicyclic amines) is 1. The monoisotopic (exact) mass is 590 g/mol. The fourth-order valence-electron chi connectivity index (χ4n) is 5.33. The van der Waals surface area contributed by atoms with Gasteiger partial charge in [0, 0.05) is 12.1 Å². The lowest BCUT2D eigenvalue weighted by atomic mass is 9.95. The lowest BCUT2D eigenvalue weighted by Crippen LogP contribution is -2.32. The Morgan fingerprint density at radius 3 is 2.05 bits per heavy atom. The number of hydrogen-bond acceptors (Lipinski definition) is 6. The minimum atomic E-state index is -0.724. The molecule has 4 aromatic rings. The van der Waals surface area contributed by atoms with Crippen LogP contribution in [-0.2, 0) is 22.8 Å². The van der Waals surface area contributed by atoms with Crippen LogP contribution in [0.25, 0.3) is 5.76 Å². The molecule has 0 spiro atoms. The van der Waals surface area contributed by atoms with Crippen LogP contribution < -0.4 is 9.47 Å². The Hall–Kier alpha value is -4.88. The quantitative estimate of drug-likeness (QED) is 0.115. The maximum atomic E-state index is 13.4. The maximum Gasteiger partial charge on any atom is 0.295 e. The Kier molecular flexibility index (Phi) is 9.77. The van der Waals surface area contributed by atoms with Gasteiger partial charge >= 0.3 is 0 Å². The summed E-state index contributed by atoms with van der Waals surface area (Å²) >= 11 is 0. The van der Waals surface area contributed by atoms with E-state index >= 15 is 0 Å². The van der Waals surface area contributed by atoms with Gasteiger partial charge in [-0.25, -0.2) is 0 Å². The van der Waals surface area contributed by atoms with Gasteiger partial charge in [0.1, 0.15) is 30.5 Å². The normalized spacial score (nSPS) is 16.0. The molecular weight excluding hydrogens is 552 g/mol. The molecule has 1 fully saturated rings. The molecular formula is C37H38N2O5. The molecule has 0 saturated carbocycles. The van der Waals surface area contributed by atoms with Gasteiger partial charge in [-0.2, -0.15) is 0 Å². The highest BCUT2D eigenvalue weighted by atomic mass is 16.5. The van der Waals surface area contributed by atoms with Crippen molar-refractivity contribution in [2.75, 3.05) is 27.2 Å². The number of hydrogen-bond donors (Lipinski definition) is 1. The maximum absolute atomic E-state index is 13.4. The predicted molar refractivity (Wildman–Crippen MR) is 171 cm³/mol. The first-order chi connectivity index (χ1) is 21.3. The number of ether oxygens (including phenoxy) is 2. The molecule has 1 saturated heterocycles. The largest absolute Gasteiger partial charge is 0.507 e. The summed E-state index contributed by atoms with van der Waals surface area (Å²) in [4.78, 5) is 30.3.